The number of ether oxygens (including phenoxy) is 2. The number of carboxylic acid groups (broad SMARTS) is 1. The summed E-state index contributed by atoms with van der Waals surface area (Å²) in [6.45, 7) is 5.46. The average Bonchev–Trinajstić information content (AvgIpc) is 2.59. The molecule has 25 heavy (non-hydrogen) atoms. The maximum atomic E-state index is 13.0. The van der Waals surface area contributed by atoms with Crippen molar-refractivity contribution in [1.29, 1.82) is 0 Å². The first-order valence-electron chi connectivity index (χ1n) is 7.76. The van der Waals surface area contributed by atoms with Gasteiger partial charge in [0.2, 0.25) is 7.37 Å². The zero-order valence-electron chi connectivity index (χ0n) is 14.2. The van der Waals surface area contributed by atoms with E-state index in [-0.39, 0.29) is 39.0 Å². The lowest BCUT2D eigenvalue weighted by molar-refractivity contribution is -0.140. The Morgan fingerprint density at radius 1 is 1.12 bits per heavy atom. The number of benzene rings is 1. The average molecular weight is 370 g/mol. The summed E-state index contributed by atoms with van der Waals surface area (Å²) >= 11 is 0. The van der Waals surface area contributed by atoms with Crippen molar-refractivity contribution < 1.29 is 33.3 Å². The monoisotopic (exact) mass is 370 g/mol. The van der Waals surface area contributed by atoms with Crippen molar-refractivity contribution in [2.45, 2.75) is 13.3 Å². The van der Waals surface area contributed by atoms with E-state index < -0.39 is 19.3 Å². The molecule has 0 saturated heterocycles. The highest BCUT2D eigenvalue weighted by atomic mass is 31.2. The topological polar surface area (TPSA) is 99.1 Å². The molecule has 0 fully saturated rings. The molecule has 1 aromatic rings. The molecule has 138 valence electrons. The van der Waals surface area contributed by atoms with Crippen LogP contribution in [0, 0.1) is 0 Å². The summed E-state index contributed by atoms with van der Waals surface area (Å²) in [7, 11) is -3.27. The smallest absolute Gasteiger partial charge is 0.333 e. The van der Waals surface area contributed by atoms with Crippen LogP contribution in [-0.4, -0.2) is 49.6 Å². The Kier molecular flexibility index (Phi) is 9.13. The summed E-state index contributed by atoms with van der Waals surface area (Å²) in [5.74, 6) is -1.52. The number of hydrogen-bond acceptors (Lipinski definition) is 6. The van der Waals surface area contributed by atoms with Crippen LogP contribution in [0.3, 0.4) is 0 Å². The van der Waals surface area contributed by atoms with Crippen LogP contribution < -0.4 is 5.30 Å². The lowest BCUT2D eigenvalue weighted by Gasteiger charge is -2.18. The van der Waals surface area contributed by atoms with Crippen LogP contribution in [-0.2, 0) is 28.2 Å². The molecule has 0 saturated carbocycles. The molecule has 0 heterocycles. The normalized spacial score (nSPS) is 13.0. The number of carboxylic acids is 1. The van der Waals surface area contributed by atoms with Crippen LogP contribution in [0.4, 0.5) is 0 Å². The minimum absolute atomic E-state index is 0.0419. The molecule has 0 aromatic heterocycles. The van der Waals surface area contributed by atoms with Crippen molar-refractivity contribution >= 4 is 24.6 Å². The van der Waals surface area contributed by atoms with Gasteiger partial charge in [-0.1, -0.05) is 24.8 Å². The van der Waals surface area contributed by atoms with Crippen LogP contribution in [0.1, 0.15) is 13.3 Å². The standard InChI is InChI=1S/C17H23O7P/c1-14(2)17(20)23-11-9-22-10-12-24-25(21,13-8-16(18)19)15-6-4-3-5-7-15/h3-7H,1,8-13H2,2H3,(H,18,19). The van der Waals surface area contributed by atoms with Gasteiger partial charge in [-0.15, -0.1) is 0 Å². The second-order valence-electron chi connectivity index (χ2n) is 5.24. The highest BCUT2D eigenvalue weighted by molar-refractivity contribution is 7.67. The molecule has 1 N–H and O–H groups in total. The first-order chi connectivity index (χ1) is 11.8. The summed E-state index contributed by atoms with van der Waals surface area (Å²) in [5, 5.41) is 9.31. The van der Waals surface area contributed by atoms with Gasteiger partial charge in [-0.25, -0.2) is 4.79 Å². The molecule has 0 spiro atoms. The molecule has 1 unspecified atom stereocenters. The lowest BCUT2D eigenvalue weighted by Crippen LogP contribution is -2.16. The van der Waals surface area contributed by atoms with Crippen molar-refractivity contribution in [3.8, 4) is 0 Å². The third-order valence-corrected chi connectivity index (χ3v) is 5.60. The van der Waals surface area contributed by atoms with Gasteiger partial charge in [-0.3, -0.25) is 9.36 Å². The van der Waals surface area contributed by atoms with Crippen LogP contribution in [0.2, 0.25) is 0 Å². The molecule has 7 nitrogen and oxygen atoms in total. The molecule has 0 amide bonds. The van der Waals surface area contributed by atoms with Gasteiger partial charge in [0.05, 0.1) is 26.2 Å². The minimum atomic E-state index is -3.27. The summed E-state index contributed by atoms with van der Waals surface area (Å²) in [5.41, 5.74) is 0.311. The fourth-order valence-corrected chi connectivity index (χ4v) is 3.85. The third-order valence-electron chi connectivity index (χ3n) is 3.11. The van der Waals surface area contributed by atoms with Crippen molar-refractivity contribution in [2.75, 3.05) is 32.6 Å². The maximum absolute atomic E-state index is 13.0. The second kappa shape index (κ2) is 10.8. The van der Waals surface area contributed by atoms with Gasteiger partial charge in [0.15, 0.2) is 0 Å². The van der Waals surface area contributed by atoms with Gasteiger partial charge >= 0.3 is 11.9 Å². The largest absolute Gasteiger partial charge is 0.481 e. The zero-order valence-corrected chi connectivity index (χ0v) is 15.1. The Labute approximate surface area is 147 Å². The molecule has 0 aliphatic heterocycles. The summed E-state index contributed by atoms with van der Waals surface area (Å²) in [4.78, 5) is 21.9. The molecule has 1 aromatic carbocycles. The van der Waals surface area contributed by atoms with E-state index in [2.05, 4.69) is 6.58 Å². The van der Waals surface area contributed by atoms with E-state index >= 15 is 0 Å². The Morgan fingerprint density at radius 2 is 1.76 bits per heavy atom. The van der Waals surface area contributed by atoms with E-state index in [9.17, 15) is 14.2 Å². The number of rotatable bonds is 12. The van der Waals surface area contributed by atoms with Crippen molar-refractivity contribution in [3.05, 3.63) is 42.5 Å². The van der Waals surface area contributed by atoms with Gasteiger partial charge in [-0.05, 0) is 19.1 Å². The van der Waals surface area contributed by atoms with Gasteiger partial charge in [0.1, 0.15) is 6.61 Å². The number of hydrogen-bond donors (Lipinski definition) is 1. The van der Waals surface area contributed by atoms with E-state index in [1.807, 2.05) is 0 Å². The van der Waals surface area contributed by atoms with E-state index in [0.717, 1.165) is 0 Å². The SMILES string of the molecule is C=C(C)C(=O)OCCOCCOP(=O)(CCC(=O)O)c1ccccc1. The molecule has 1 atom stereocenters. The highest BCUT2D eigenvalue weighted by Gasteiger charge is 2.26. The van der Waals surface area contributed by atoms with Gasteiger partial charge in [0.25, 0.3) is 0 Å². The van der Waals surface area contributed by atoms with Gasteiger partial charge < -0.3 is 19.1 Å². The van der Waals surface area contributed by atoms with Gasteiger partial charge in [0, 0.05) is 17.0 Å². The number of aliphatic carboxylic acids is 1. The fourth-order valence-electron chi connectivity index (χ4n) is 1.83. The molecule has 1 rings (SSSR count). The van der Waals surface area contributed by atoms with Crippen LogP contribution in [0.25, 0.3) is 0 Å². The van der Waals surface area contributed by atoms with Crippen LogP contribution in [0.15, 0.2) is 42.5 Å². The molecule has 0 aliphatic carbocycles. The van der Waals surface area contributed by atoms with Crippen molar-refractivity contribution in [1.82, 2.24) is 0 Å². The van der Waals surface area contributed by atoms with E-state index in [0.29, 0.717) is 10.9 Å². The van der Waals surface area contributed by atoms with E-state index in [1.54, 1.807) is 37.3 Å². The summed E-state index contributed by atoms with van der Waals surface area (Å²) < 4.78 is 28.5. The van der Waals surface area contributed by atoms with Crippen molar-refractivity contribution in [3.63, 3.8) is 0 Å². The Morgan fingerprint density at radius 3 is 2.36 bits per heavy atom. The molecule has 0 aliphatic rings. The lowest BCUT2D eigenvalue weighted by atomic mass is 10.4. The molecular weight excluding hydrogens is 347 g/mol. The first kappa shape index (κ1) is 21.1. The quantitative estimate of drug-likeness (QED) is 0.261. The van der Waals surface area contributed by atoms with Crippen LogP contribution >= 0.6 is 7.37 Å². The zero-order chi connectivity index (χ0) is 18.7. The predicted molar refractivity (Wildman–Crippen MR) is 93.3 cm³/mol. The Balaban J connectivity index is 2.41. The number of carbonyl (C=O) groups is 2. The third kappa shape index (κ3) is 8.12. The maximum Gasteiger partial charge on any atom is 0.333 e. The van der Waals surface area contributed by atoms with E-state index in [1.165, 1.54) is 0 Å². The number of esters is 1. The summed E-state index contributed by atoms with van der Waals surface area (Å²) in [6, 6.07) is 8.53. The fraction of sp³-hybridized carbons (Fsp3) is 0.412. The van der Waals surface area contributed by atoms with Crippen LogP contribution in [0.5, 0.6) is 0 Å². The summed E-state index contributed by atoms with van der Waals surface area (Å²) in [6.07, 6.45) is -0.327. The Hall–Kier alpha value is -1.95. The van der Waals surface area contributed by atoms with E-state index in [4.69, 9.17) is 19.1 Å². The highest BCUT2D eigenvalue weighted by Crippen LogP contribution is 2.46. The van der Waals surface area contributed by atoms with Gasteiger partial charge in [-0.2, -0.15) is 0 Å². The molecule has 0 bridgehead atoms. The Bertz CT molecular complexity index is 627. The first-order valence-corrected chi connectivity index (χ1v) is 9.57. The molecule has 0 radical (unpaired) electrons. The minimum Gasteiger partial charge on any atom is -0.481 e. The number of carbonyl (C=O) groups excluding carboxylic acids is 1. The van der Waals surface area contributed by atoms with Crippen molar-refractivity contribution in [2.24, 2.45) is 0 Å². The molecular formula is C17H23O7P. The second-order valence-corrected chi connectivity index (χ2v) is 7.81. The molecule has 8 heteroatoms. The predicted octanol–water partition coefficient (Wildman–Crippen LogP) is 2.22.